The lowest BCUT2D eigenvalue weighted by Crippen LogP contribution is -2.44. The molecule has 0 radical (unpaired) electrons. The Kier molecular flexibility index (Phi) is 7.98. The minimum absolute atomic E-state index is 0.0396. The Hall–Kier alpha value is -4.43. The van der Waals surface area contributed by atoms with Crippen LogP contribution >= 0.6 is 11.8 Å². The summed E-state index contributed by atoms with van der Waals surface area (Å²) < 4.78 is 11.1. The van der Waals surface area contributed by atoms with Gasteiger partial charge in [-0.15, -0.1) is 11.8 Å². The Bertz CT molecular complexity index is 1920. The van der Waals surface area contributed by atoms with Gasteiger partial charge in [-0.25, -0.2) is 19.6 Å². The van der Waals surface area contributed by atoms with Gasteiger partial charge in [0.15, 0.2) is 0 Å². The molecule has 4 aromatic rings. The topological polar surface area (TPSA) is 116 Å². The lowest BCUT2D eigenvalue weighted by molar-refractivity contribution is 0.0185. The van der Waals surface area contributed by atoms with Gasteiger partial charge in [-0.2, -0.15) is 0 Å². The number of imidazole rings is 2. The number of nitrogens with one attached hydrogen (secondary N) is 2. The van der Waals surface area contributed by atoms with Crippen LogP contribution < -0.4 is 0 Å². The van der Waals surface area contributed by atoms with Crippen LogP contribution in [0.3, 0.4) is 0 Å². The number of aromatic nitrogens is 4. The average molecular weight is 667 g/mol. The molecule has 3 aliphatic heterocycles. The van der Waals surface area contributed by atoms with Gasteiger partial charge in [0.2, 0.25) is 0 Å². The first kappa shape index (κ1) is 32.1. The van der Waals surface area contributed by atoms with Crippen LogP contribution in [0, 0.1) is 11.8 Å². The third kappa shape index (κ3) is 6.50. The summed E-state index contributed by atoms with van der Waals surface area (Å²) >= 11 is 1.78. The Morgan fingerprint density at radius 1 is 0.896 bits per heavy atom. The van der Waals surface area contributed by atoms with Gasteiger partial charge in [0.1, 0.15) is 38.7 Å². The first-order chi connectivity index (χ1) is 22.8. The highest BCUT2D eigenvalue weighted by molar-refractivity contribution is 8.08. The molecular formula is C37H42N6O4S. The molecule has 0 saturated carbocycles. The first-order valence-electron chi connectivity index (χ1n) is 16.6. The molecule has 250 valence electrons. The van der Waals surface area contributed by atoms with Crippen LogP contribution in [0.2, 0.25) is 0 Å². The summed E-state index contributed by atoms with van der Waals surface area (Å²) in [6.07, 6.45) is 4.78. The predicted molar refractivity (Wildman–Crippen MR) is 186 cm³/mol. The average Bonchev–Trinajstić information content (AvgIpc) is 3.39. The number of amides is 2. The molecular weight excluding hydrogens is 625 g/mol. The molecule has 0 bridgehead atoms. The summed E-state index contributed by atoms with van der Waals surface area (Å²) in [6, 6.07) is 14.3. The Morgan fingerprint density at radius 3 is 2.31 bits per heavy atom. The zero-order valence-electron chi connectivity index (χ0n) is 28.3. The molecule has 3 aliphatic rings. The zero-order chi connectivity index (χ0) is 33.8. The lowest BCUT2D eigenvalue weighted by atomic mass is 9.97. The van der Waals surface area contributed by atoms with Crippen molar-refractivity contribution in [3.63, 3.8) is 0 Å². The SMILES string of the molecule is CC(C)(C)OC(=O)N1CCC[C@@]2(c3nc4ccc(-c5ccc(C#Cc6cnc([C@@H]7CCCN7C(=O)OC(C)(C)C)[nH]6)cc5)cc4[nH]3)SC12. The van der Waals surface area contributed by atoms with E-state index in [2.05, 4.69) is 57.1 Å². The molecule has 5 heterocycles. The van der Waals surface area contributed by atoms with Gasteiger partial charge in [-0.3, -0.25) is 9.80 Å². The van der Waals surface area contributed by atoms with Gasteiger partial charge in [-0.05, 0) is 109 Å². The van der Waals surface area contributed by atoms with Crippen molar-refractivity contribution in [2.75, 3.05) is 13.1 Å². The first-order valence-corrected chi connectivity index (χ1v) is 17.5. The highest BCUT2D eigenvalue weighted by Gasteiger charge is 2.64. The Labute approximate surface area is 285 Å². The maximum atomic E-state index is 12.9. The minimum Gasteiger partial charge on any atom is -0.444 e. The molecule has 7 rings (SSSR count). The second-order valence-electron chi connectivity index (χ2n) is 14.8. The summed E-state index contributed by atoms with van der Waals surface area (Å²) in [5, 5.41) is 0.0396. The second-order valence-corrected chi connectivity index (χ2v) is 16.2. The van der Waals surface area contributed by atoms with Crippen LogP contribution in [0.25, 0.3) is 22.2 Å². The van der Waals surface area contributed by atoms with Gasteiger partial charge in [-0.1, -0.05) is 24.1 Å². The standard InChI is InChI=1S/C37H42N6O4S/c1-35(2,3)46-33(44)42-19-7-9-29(42)30-38-22-26(39-30)16-12-23-10-13-24(14-11-23)25-15-17-27-28(21-25)41-31(40-27)37-18-8-20-43(32(37)48-37)34(45)47-36(4,5)6/h10-11,13-15,17,21-22,29,32H,7-9,18-20H2,1-6H3,(H,38,39)(H,40,41)/t29-,32?,37-/m0/s1. The number of hydrogen-bond donors (Lipinski definition) is 2. The van der Waals surface area contributed by atoms with E-state index in [1.807, 2.05) is 58.6 Å². The fourth-order valence-electron chi connectivity index (χ4n) is 6.53. The molecule has 3 fully saturated rings. The maximum Gasteiger partial charge on any atom is 0.411 e. The highest BCUT2D eigenvalue weighted by Crippen LogP contribution is 2.66. The number of carbonyl (C=O) groups is 2. The van der Waals surface area contributed by atoms with Crippen LogP contribution in [0.1, 0.15) is 96.2 Å². The number of carbonyl (C=O) groups excluding carboxylic acids is 2. The lowest BCUT2D eigenvalue weighted by Gasteiger charge is -2.31. The van der Waals surface area contributed by atoms with Crippen molar-refractivity contribution in [1.82, 2.24) is 29.7 Å². The van der Waals surface area contributed by atoms with Crippen molar-refractivity contribution in [2.24, 2.45) is 0 Å². The number of aromatic amines is 2. The van der Waals surface area contributed by atoms with Crippen molar-refractivity contribution in [3.8, 4) is 23.0 Å². The predicted octanol–water partition coefficient (Wildman–Crippen LogP) is 7.72. The molecule has 2 amide bonds. The van der Waals surface area contributed by atoms with E-state index in [9.17, 15) is 9.59 Å². The van der Waals surface area contributed by atoms with Crippen LogP contribution in [-0.2, 0) is 14.2 Å². The van der Waals surface area contributed by atoms with Gasteiger partial charge < -0.3 is 19.4 Å². The molecule has 3 saturated heterocycles. The van der Waals surface area contributed by atoms with Gasteiger partial charge in [0, 0.05) is 18.7 Å². The summed E-state index contributed by atoms with van der Waals surface area (Å²) in [4.78, 5) is 45.6. The fraction of sp³-hybridized carbons (Fsp3) is 0.459. The van der Waals surface area contributed by atoms with Crippen LogP contribution in [0.5, 0.6) is 0 Å². The van der Waals surface area contributed by atoms with E-state index in [0.717, 1.165) is 65.1 Å². The number of fused-ring (bicyclic) bond motifs is 2. The van der Waals surface area contributed by atoms with Crippen molar-refractivity contribution in [2.45, 2.75) is 94.6 Å². The second kappa shape index (κ2) is 11.9. The maximum absolute atomic E-state index is 12.9. The number of benzene rings is 2. The Balaban J connectivity index is 1.02. The van der Waals surface area contributed by atoms with E-state index in [4.69, 9.17) is 14.5 Å². The van der Waals surface area contributed by atoms with E-state index >= 15 is 0 Å². The van der Waals surface area contributed by atoms with Crippen molar-refractivity contribution < 1.29 is 19.1 Å². The number of piperidine rings is 1. The van der Waals surface area contributed by atoms with Crippen LogP contribution in [0.15, 0.2) is 48.7 Å². The van der Waals surface area contributed by atoms with Crippen LogP contribution in [-0.4, -0.2) is 71.6 Å². The summed E-state index contributed by atoms with van der Waals surface area (Å²) in [7, 11) is 0. The minimum atomic E-state index is -0.544. The molecule has 2 aromatic carbocycles. The zero-order valence-corrected chi connectivity index (χ0v) is 29.2. The number of likely N-dealkylation sites (tertiary alicyclic amines) is 2. The highest BCUT2D eigenvalue weighted by atomic mass is 32.2. The summed E-state index contributed by atoms with van der Waals surface area (Å²) in [5.41, 5.74) is 4.57. The number of ether oxygens (including phenoxy) is 2. The van der Waals surface area contributed by atoms with Crippen molar-refractivity contribution in [1.29, 1.82) is 0 Å². The third-order valence-electron chi connectivity index (χ3n) is 8.76. The third-order valence-corrected chi connectivity index (χ3v) is 10.4. The van der Waals surface area contributed by atoms with E-state index < -0.39 is 11.2 Å². The number of nitrogens with zero attached hydrogens (tertiary/aromatic N) is 4. The van der Waals surface area contributed by atoms with Gasteiger partial charge >= 0.3 is 12.2 Å². The van der Waals surface area contributed by atoms with Gasteiger partial charge in [0.25, 0.3) is 0 Å². The fourth-order valence-corrected chi connectivity index (χ4v) is 8.00. The molecule has 1 unspecified atom stereocenters. The number of rotatable bonds is 3. The summed E-state index contributed by atoms with van der Waals surface area (Å²) in [6.45, 7) is 12.7. The van der Waals surface area contributed by atoms with Crippen LogP contribution in [0.4, 0.5) is 9.59 Å². The summed E-state index contributed by atoms with van der Waals surface area (Å²) in [5.74, 6) is 8.07. The smallest absolute Gasteiger partial charge is 0.411 e. The molecule has 2 N–H and O–H groups in total. The molecule has 10 nitrogen and oxygen atoms in total. The molecule has 48 heavy (non-hydrogen) atoms. The van der Waals surface area contributed by atoms with Gasteiger partial charge in [0.05, 0.1) is 23.3 Å². The van der Waals surface area contributed by atoms with Crippen molar-refractivity contribution in [3.05, 3.63) is 71.6 Å². The van der Waals surface area contributed by atoms with E-state index in [0.29, 0.717) is 18.8 Å². The number of H-pyrrole nitrogens is 2. The largest absolute Gasteiger partial charge is 0.444 e. The molecule has 0 spiro atoms. The van der Waals surface area contributed by atoms with E-state index in [-0.39, 0.29) is 28.3 Å². The number of hydrogen-bond acceptors (Lipinski definition) is 7. The van der Waals surface area contributed by atoms with Crippen molar-refractivity contribution >= 4 is 35.0 Å². The molecule has 11 heteroatoms. The van der Waals surface area contributed by atoms with E-state index in [1.54, 1.807) is 22.9 Å². The molecule has 3 atom stereocenters. The normalized spacial score (nSPS) is 22.2. The monoisotopic (exact) mass is 666 g/mol. The molecule has 0 aliphatic carbocycles. The Morgan fingerprint density at radius 2 is 1.58 bits per heavy atom. The quantitative estimate of drug-likeness (QED) is 0.170. The molecule has 2 aromatic heterocycles. The number of thioether (sulfide) groups is 1. The van der Waals surface area contributed by atoms with E-state index in [1.165, 1.54) is 0 Å².